The normalized spacial score (nSPS) is 16.5. The second-order valence-corrected chi connectivity index (χ2v) is 5.46. The molecule has 1 aromatic rings. The van der Waals surface area contributed by atoms with Gasteiger partial charge in [0.2, 0.25) is 0 Å². The molecule has 0 radical (unpaired) electrons. The molecule has 4 heteroatoms. The third-order valence-electron chi connectivity index (χ3n) is 3.31. The lowest BCUT2D eigenvalue weighted by atomic mass is 10.0. The molecule has 1 aromatic carbocycles. The summed E-state index contributed by atoms with van der Waals surface area (Å²) < 4.78 is 0. The zero-order valence-corrected chi connectivity index (χ0v) is 11.2. The van der Waals surface area contributed by atoms with Gasteiger partial charge in [-0.1, -0.05) is 22.0 Å². The van der Waals surface area contributed by atoms with Crippen molar-refractivity contribution >= 4 is 21.8 Å². The third kappa shape index (κ3) is 3.22. The topological polar surface area (TPSA) is 49.3 Å². The number of amides is 1. The predicted octanol–water partition coefficient (Wildman–Crippen LogP) is 2.69. The fraction of sp³-hybridized carbons (Fsp3) is 0.462. The summed E-state index contributed by atoms with van der Waals surface area (Å²) in [6.07, 6.45) is 3.49. The average Bonchev–Trinajstić information content (AvgIpc) is 3.07. The van der Waals surface area contributed by atoms with E-state index in [-0.39, 0.29) is 11.7 Å². The highest BCUT2D eigenvalue weighted by Gasteiger charge is 2.41. The van der Waals surface area contributed by atoms with Crippen LogP contribution in [0.2, 0.25) is 0 Å². The molecule has 0 atom stereocenters. The van der Waals surface area contributed by atoms with Crippen molar-refractivity contribution in [3.05, 3.63) is 29.8 Å². The zero-order chi connectivity index (χ0) is 12.3. The van der Waals surface area contributed by atoms with Gasteiger partial charge in [0.1, 0.15) is 5.75 Å². The summed E-state index contributed by atoms with van der Waals surface area (Å²) in [5.74, 6) is 0.0148. The van der Waals surface area contributed by atoms with Gasteiger partial charge in [0.25, 0.3) is 5.91 Å². The first-order valence-electron chi connectivity index (χ1n) is 5.78. The maximum Gasteiger partial charge on any atom is 0.251 e. The number of alkyl halides is 1. The Labute approximate surface area is 109 Å². The minimum atomic E-state index is -0.109. The number of nitrogens with one attached hydrogen (secondary N) is 1. The molecule has 0 aliphatic heterocycles. The van der Waals surface area contributed by atoms with Gasteiger partial charge in [-0.15, -0.1) is 0 Å². The van der Waals surface area contributed by atoms with E-state index in [1.165, 1.54) is 18.9 Å². The van der Waals surface area contributed by atoms with Crippen molar-refractivity contribution in [2.45, 2.75) is 19.3 Å². The number of hydrogen-bond donors (Lipinski definition) is 2. The van der Waals surface area contributed by atoms with Crippen LogP contribution in [0.15, 0.2) is 24.3 Å². The number of carbonyl (C=O) groups excluding carboxylic acids is 1. The minimum absolute atomic E-state index is 0.109. The molecule has 0 saturated heterocycles. The highest BCUT2D eigenvalue weighted by Crippen LogP contribution is 2.48. The summed E-state index contributed by atoms with van der Waals surface area (Å²) in [4.78, 5) is 11.8. The molecule has 2 rings (SSSR count). The Morgan fingerprint density at radius 3 is 2.82 bits per heavy atom. The molecule has 1 saturated carbocycles. The molecule has 1 aliphatic rings. The number of phenols is 1. The highest BCUT2D eigenvalue weighted by molar-refractivity contribution is 9.09. The molecule has 0 spiro atoms. The van der Waals surface area contributed by atoms with E-state index in [0.717, 1.165) is 18.3 Å². The van der Waals surface area contributed by atoms with Crippen molar-refractivity contribution in [3.8, 4) is 5.75 Å². The van der Waals surface area contributed by atoms with Crippen LogP contribution in [-0.2, 0) is 0 Å². The van der Waals surface area contributed by atoms with Gasteiger partial charge < -0.3 is 10.4 Å². The van der Waals surface area contributed by atoms with Crippen LogP contribution in [0.25, 0.3) is 0 Å². The van der Waals surface area contributed by atoms with E-state index in [1.807, 2.05) is 0 Å². The largest absolute Gasteiger partial charge is 0.508 e. The summed E-state index contributed by atoms with van der Waals surface area (Å²) in [5, 5.41) is 13.2. The minimum Gasteiger partial charge on any atom is -0.508 e. The number of aromatic hydroxyl groups is 1. The van der Waals surface area contributed by atoms with Crippen molar-refractivity contribution < 1.29 is 9.90 Å². The Morgan fingerprint density at radius 1 is 1.47 bits per heavy atom. The number of rotatable bonds is 5. The van der Waals surface area contributed by atoms with Gasteiger partial charge in [-0.05, 0) is 42.9 Å². The standard InChI is InChI=1S/C13H16BrNO2/c14-7-6-13(4-5-13)9-15-12(17)10-2-1-3-11(16)8-10/h1-3,8,16H,4-7,9H2,(H,15,17). The molecule has 3 nitrogen and oxygen atoms in total. The number of halogens is 1. The number of benzene rings is 1. The van der Waals surface area contributed by atoms with Crippen LogP contribution in [0.4, 0.5) is 0 Å². The quantitative estimate of drug-likeness (QED) is 0.821. The van der Waals surface area contributed by atoms with Crippen molar-refractivity contribution in [2.75, 3.05) is 11.9 Å². The molecule has 92 valence electrons. The second-order valence-electron chi connectivity index (χ2n) is 4.67. The van der Waals surface area contributed by atoms with Crippen molar-refractivity contribution in [1.29, 1.82) is 0 Å². The highest BCUT2D eigenvalue weighted by atomic mass is 79.9. The molecule has 1 aliphatic carbocycles. The fourth-order valence-corrected chi connectivity index (χ4v) is 2.75. The molecule has 1 fully saturated rings. The number of hydrogen-bond acceptors (Lipinski definition) is 2. The predicted molar refractivity (Wildman–Crippen MR) is 70.5 cm³/mol. The summed E-state index contributed by atoms with van der Waals surface area (Å²) >= 11 is 3.44. The zero-order valence-electron chi connectivity index (χ0n) is 9.58. The van der Waals surface area contributed by atoms with Gasteiger partial charge in [-0.25, -0.2) is 0 Å². The van der Waals surface area contributed by atoms with Gasteiger partial charge in [-0.3, -0.25) is 4.79 Å². The molecule has 2 N–H and O–H groups in total. The molecule has 17 heavy (non-hydrogen) atoms. The van der Waals surface area contributed by atoms with Crippen molar-refractivity contribution in [1.82, 2.24) is 5.32 Å². The van der Waals surface area contributed by atoms with Gasteiger partial charge in [0.15, 0.2) is 0 Å². The van der Waals surface area contributed by atoms with Crippen molar-refractivity contribution in [3.63, 3.8) is 0 Å². The van der Waals surface area contributed by atoms with Crippen LogP contribution in [0.1, 0.15) is 29.6 Å². The van der Waals surface area contributed by atoms with Crippen LogP contribution in [-0.4, -0.2) is 22.9 Å². The molecule has 0 aromatic heterocycles. The maximum atomic E-state index is 11.8. The lowest BCUT2D eigenvalue weighted by molar-refractivity contribution is 0.0944. The monoisotopic (exact) mass is 297 g/mol. The van der Waals surface area contributed by atoms with E-state index >= 15 is 0 Å². The van der Waals surface area contributed by atoms with E-state index in [1.54, 1.807) is 18.2 Å². The molecular weight excluding hydrogens is 282 g/mol. The first-order valence-corrected chi connectivity index (χ1v) is 6.91. The smallest absolute Gasteiger partial charge is 0.251 e. The summed E-state index contributed by atoms with van der Waals surface area (Å²) in [6, 6.07) is 6.43. The van der Waals surface area contributed by atoms with Crippen molar-refractivity contribution in [2.24, 2.45) is 5.41 Å². The average molecular weight is 298 g/mol. The summed E-state index contributed by atoms with van der Waals surface area (Å²) in [6.45, 7) is 0.729. The van der Waals surface area contributed by atoms with Gasteiger partial charge in [-0.2, -0.15) is 0 Å². The van der Waals surface area contributed by atoms with Crippen LogP contribution in [0, 0.1) is 5.41 Å². The van der Waals surface area contributed by atoms with E-state index in [4.69, 9.17) is 0 Å². The fourth-order valence-electron chi connectivity index (χ4n) is 1.91. The first kappa shape index (κ1) is 12.4. The Kier molecular flexibility index (Phi) is 3.72. The molecule has 0 bridgehead atoms. The molecule has 0 heterocycles. The molecule has 1 amide bonds. The Bertz CT molecular complexity index is 416. The Balaban J connectivity index is 1.90. The lowest BCUT2D eigenvalue weighted by Gasteiger charge is -2.14. The molecule has 0 unspecified atom stereocenters. The lowest BCUT2D eigenvalue weighted by Crippen LogP contribution is -2.30. The Morgan fingerprint density at radius 2 is 2.24 bits per heavy atom. The number of carbonyl (C=O) groups is 1. The van der Waals surface area contributed by atoms with E-state index < -0.39 is 0 Å². The first-order chi connectivity index (χ1) is 8.15. The third-order valence-corrected chi connectivity index (χ3v) is 3.71. The summed E-state index contributed by atoms with van der Waals surface area (Å²) in [7, 11) is 0. The van der Waals surface area contributed by atoms with Crippen LogP contribution in [0.3, 0.4) is 0 Å². The van der Waals surface area contributed by atoms with Crippen LogP contribution < -0.4 is 5.32 Å². The number of phenolic OH excluding ortho intramolecular Hbond substituents is 1. The van der Waals surface area contributed by atoms with Gasteiger partial charge in [0, 0.05) is 17.4 Å². The summed E-state index contributed by atoms with van der Waals surface area (Å²) in [5.41, 5.74) is 0.829. The molecular formula is C13H16BrNO2. The van der Waals surface area contributed by atoms with E-state index in [9.17, 15) is 9.90 Å². The Hall–Kier alpha value is -1.03. The van der Waals surface area contributed by atoms with E-state index in [0.29, 0.717) is 11.0 Å². The van der Waals surface area contributed by atoms with Crippen LogP contribution >= 0.6 is 15.9 Å². The second kappa shape index (κ2) is 5.08. The van der Waals surface area contributed by atoms with Gasteiger partial charge >= 0.3 is 0 Å². The van der Waals surface area contributed by atoms with Gasteiger partial charge in [0.05, 0.1) is 0 Å². The maximum absolute atomic E-state index is 11.8. The van der Waals surface area contributed by atoms with Crippen LogP contribution in [0.5, 0.6) is 5.75 Å². The van der Waals surface area contributed by atoms with E-state index in [2.05, 4.69) is 21.2 Å². The SMILES string of the molecule is O=C(NCC1(CCBr)CC1)c1cccc(O)c1.